The molecule has 1 unspecified atom stereocenters. The number of rotatable bonds is 5. The molecule has 94 valence electrons. The van der Waals surface area contributed by atoms with Gasteiger partial charge in [0.1, 0.15) is 0 Å². The third-order valence-electron chi connectivity index (χ3n) is 2.73. The van der Waals surface area contributed by atoms with Crippen LogP contribution in [0.2, 0.25) is 0 Å². The molecule has 1 aromatic rings. The van der Waals surface area contributed by atoms with Crippen LogP contribution in [0.4, 0.5) is 5.82 Å². The van der Waals surface area contributed by atoms with Crippen LogP contribution in [0.15, 0.2) is 17.2 Å². The normalized spacial score (nSPS) is 12.2. The van der Waals surface area contributed by atoms with Crippen molar-refractivity contribution >= 4 is 23.0 Å². The number of thiocarbonyl (C=S) groups is 1. The lowest BCUT2D eigenvalue weighted by Crippen LogP contribution is -2.38. The zero-order chi connectivity index (χ0) is 13.0. The molecule has 6 heteroatoms. The number of anilines is 1. The Labute approximate surface area is 106 Å². The van der Waals surface area contributed by atoms with Crippen LogP contribution in [0.3, 0.4) is 0 Å². The Morgan fingerprint density at radius 2 is 2.35 bits per heavy atom. The van der Waals surface area contributed by atoms with Crippen LogP contribution >= 0.6 is 12.2 Å². The molecule has 0 amide bonds. The molecule has 0 radical (unpaired) electrons. The van der Waals surface area contributed by atoms with E-state index in [1.165, 1.54) is 0 Å². The van der Waals surface area contributed by atoms with Gasteiger partial charge >= 0.3 is 0 Å². The molecule has 1 heterocycles. The summed E-state index contributed by atoms with van der Waals surface area (Å²) in [4.78, 5) is 18.4. The highest BCUT2D eigenvalue weighted by molar-refractivity contribution is 7.80. The summed E-state index contributed by atoms with van der Waals surface area (Å²) in [6, 6.07) is 0.0559. The molecule has 0 aliphatic heterocycles. The Bertz CT molecular complexity index is 457. The first-order chi connectivity index (χ1) is 7.97. The molecular formula is C11H18N4OS. The maximum atomic E-state index is 12.0. The van der Waals surface area contributed by atoms with Crippen molar-refractivity contribution in [3.63, 3.8) is 0 Å². The Morgan fingerprint density at radius 1 is 1.71 bits per heavy atom. The first-order valence-electron chi connectivity index (χ1n) is 5.54. The molecule has 0 saturated heterocycles. The molecule has 0 aromatic carbocycles. The van der Waals surface area contributed by atoms with Crippen LogP contribution in [0.25, 0.3) is 0 Å². The SMILES string of the molecule is CCn1ccnc(N(C)C(C)CC(N)=S)c1=O. The van der Waals surface area contributed by atoms with Gasteiger partial charge in [0.15, 0.2) is 5.82 Å². The molecule has 5 nitrogen and oxygen atoms in total. The maximum absolute atomic E-state index is 12.0. The zero-order valence-corrected chi connectivity index (χ0v) is 11.2. The highest BCUT2D eigenvalue weighted by Gasteiger charge is 2.15. The zero-order valence-electron chi connectivity index (χ0n) is 10.4. The molecule has 17 heavy (non-hydrogen) atoms. The molecule has 0 aliphatic carbocycles. The molecule has 0 fully saturated rings. The molecule has 0 bridgehead atoms. The van der Waals surface area contributed by atoms with Gasteiger partial charge < -0.3 is 15.2 Å². The fourth-order valence-electron chi connectivity index (χ4n) is 1.56. The number of hydrogen-bond acceptors (Lipinski definition) is 4. The van der Waals surface area contributed by atoms with E-state index in [4.69, 9.17) is 18.0 Å². The number of nitrogens with zero attached hydrogens (tertiary/aromatic N) is 3. The molecule has 1 rings (SSSR count). The summed E-state index contributed by atoms with van der Waals surface area (Å²) in [5, 5.41) is 0. The van der Waals surface area contributed by atoms with E-state index in [0.717, 1.165) is 0 Å². The Hall–Kier alpha value is -1.43. The van der Waals surface area contributed by atoms with Crippen molar-refractivity contribution in [2.75, 3.05) is 11.9 Å². The van der Waals surface area contributed by atoms with E-state index in [9.17, 15) is 4.79 Å². The second kappa shape index (κ2) is 5.77. The fourth-order valence-corrected chi connectivity index (χ4v) is 1.80. The second-order valence-electron chi connectivity index (χ2n) is 3.97. The lowest BCUT2D eigenvalue weighted by atomic mass is 10.2. The topological polar surface area (TPSA) is 64.2 Å². The van der Waals surface area contributed by atoms with Gasteiger partial charge in [-0.05, 0) is 13.8 Å². The van der Waals surface area contributed by atoms with E-state index >= 15 is 0 Å². The van der Waals surface area contributed by atoms with Gasteiger partial charge in [-0.2, -0.15) is 0 Å². The van der Waals surface area contributed by atoms with Crippen molar-refractivity contribution in [3.05, 3.63) is 22.7 Å². The molecular weight excluding hydrogens is 236 g/mol. The van der Waals surface area contributed by atoms with Gasteiger partial charge in [-0.3, -0.25) is 4.79 Å². The quantitative estimate of drug-likeness (QED) is 0.786. The average molecular weight is 254 g/mol. The summed E-state index contributed by atoms with van der Waals surface area (Å²) >= 11 is 4.87. The van der Waals surface area contributed by atoms with E-state index < -0.39 is 0 Å². The van der Waals surface area contributed by atoms with Crippen molar-refractivity contribution < 1.29 is 0 Å². The van der Waals surface area contributed by atoms with Crippen LogP contribution in [0, 0.1) is 0 Å². The van der Waals surface area contributed by atoms with Crippen molar-refractivity contribution in [2.24, 2.45) is 5.73 Å². The predicted octanol–water partition coefficient (Wildman–Crippen LogP) is 0.764. The molecule has 0 spiro atoms. The first kappa shape index (κ1) is 13.6. The van der Waals surface area contributed by atoms with Crippen LogP contribution in [-0.4, -0.2) is 27.6 Å². The van der Waals surface area contributed by atoms with Crippen molar-refractivity contribution in [1.29, 1.82) is 0 Å². The average Bonchev–Trinajstić information content (AvgIpc) is 2.27. The van der Waals surface area contributed by atoms with E-state index in [-0.39, 0.29) is 11.6 Å². The minimum absolute atomic E-state index is 0.0559. The van der Waals surface area contributed by atoms with Gasteiger partial charge in [0.05, 0.1) is 4.99 Å². The smallest absolute Gasteiger partial charge is 0.293 e. The molecule has 0 saturated carbocycles. The molecule has 2 N–H and O–H groups in total. The third kappa shape index (κ3) is 3.26. The number of hydrogen-bond donors (Lipinski definition) is 1. The number of nitrogens with two attached hydrogens (primary N) is 1. The number of aromatic nitrogens is 2. The molecule has 1 atom stereocenters. The minimum atomic E-state index is -0.0905. The molecule has 0 aliphatic rings. The summed E-state index contributed by atoms with van der Waals surface area (Å²) in [6.45, 7) is 4.51. The summed E-state index contributed by atoms with van der Waals surface area (Å²) in [5.41, 5.74) is 5.41. The maximum Gasteiger partial charge on any atom is 0.293 e. The fraction of sp³-hybridized carbons (Fsp3) is 0.545. The van der Waals surface area contributed by atoms with Gasteiger partial charge in [-0.1, -0.05) is 12.2 Å². The van der Waals surface area contributed by atoms with Crippen LogP contribution in [-0.2, 0) is 6.54 Å². The van der Waals surface area contributed by atoms with Crippen LogP contribution < -0.4 is 16.2 Å². The van der Waals surface area contributed by atoms with E-state index in [2.05, 4.69) is 4.98 Å². The van der Waals surface area contributed by atoms with Gasteiger partial charge in [-0.15, -0.1) is 0 Å². The Balaban J connectivity index is 3.00. The van der Waals surface area contributed by atoms with E-state index in [1.807, 2.05) is 25.8 Å². The predicted molar refractivity (Wildman–Crippen MR) is 73.4 cm³/mol. The van der Waals surface area contributed by atoms with Crippen LogP contribution in [0.5, 0.6) is 0 Å². The largest absolute Gasteiger partial charge is 0.393 e. The van der Waals surface area contributed by atoms with E-state index in [0.29, 0.717) is 23.8 Å². The lowest BCUT2D eigenvalue weighted by molar-refractivity contribution is 0.669. The van der Waals surface area contributed by atoms with E-state index in [1.54, 1.807) is 17.0 Å². The summed E-state index contributed by atoms with van der Waals surface area (Å²) in [6.07, 6.45) is 3.87. The highest BCUT2D eigenvalue weighted by Crippen LogP contribution is 2.08. The first-order valence-corrected chi connectivity index (χ1v) is 5.94. The minimum Gasteiger partial charge on any atom is -0.393 e. The van der Waals surface area contributed by atoms with Gasteiger partial charge in [0.2, 0.25) is 0 Å². The van der Waals surface area contributed by atoms with Crippen molar-refractivity contribution in [2.45, 2.75) is 32.9 Å². The Morgan fingerprint density at radius 3 is 2.88 bits per heavy atom. The van der Waals surface area contributed by atoms with Gasteiger partial charge in [-0.25, -0.2) is 4.98 Å². The Kier molecular flexibility index (Phi) is 4.62. The standard InChI is InChI=1S/C11H18N4OS/c1-4-15-6-5-13-10(11(15)16)14(3)8(2)7-9(12)17/h5-6,8H,4,7H2,1-3H3,(H2,12,17). The highest BCUT2D eigenvalue weighted by atomic mass is 32.1. The lowest BCUT2D eigenvalue weighted by Gasteiger charge is -2.25. The monoisotopic (exact) mass is 254 g/mol. The summed E-state index contributed by atoms with van der Waals surface area (Å²) < 4.78 is 1.62. The molecule has 1 aromatic heterocycles. The third-order valence-corrected chi connectivity index (χ3v) is 2.89. The van der Waals surface area contributed by atoms with Crippen molar-refractivity contribution in [3.8, 4) is 0 Å². The van der Waals surface area contributed by atoms with Crippen molar-refractivity contribution in [1.82, 2.24) is 9.55 Å². The van der Waals surface area contributed by atoms with Gasteiger partial charge in [0.25, 0.3) is 5.56 Å². The number of aryl methyl sites for hydroxylation is 1. The van der Waals surface area contributed by atoms with Gasteiger partial charge in [0, 0.05) is 38.4 Å². The summed E-state index contributed by atoms with van der Waals surface area (Å²) in [5.74, 6) is 0.429. The second-order valence-corrected chi connectivity index (χ2v) is 4.50. The van der Waals surface area contributed by atoms with Crippen LogP contribution in [0.1, 0.15) is 20.3 Å². The summed E-state index contributed by atoms with van der Waals surface area (Å²) in [7, 11) is 1.83.